The number of hydrogen-bond donors (Lipinski definition) is 3. The highest BCUT2D eigenvalue weighted by Gasteiger charge is 2.14. The van der Waals surface area contributed by atoms with Gasteiger partial charge in [0.25, 0.3) is 5.56 Å². The lowest BCUT2D eigenvalue weighted by Crippen LogP contribution is -2.26. The van der Waals surface area contributed by atoms with Gasteiger partial charge in [0.05, 0.1) is 15.8 Å². The van der Waals surface area contributed by atoms with Crippen LogP contribution in [0.1, 0.15) is 26.2 Å². The maximum atomic E-state index is 12.1. The third-order valence-corrected chi connectivity index (χ3v) is 4.55. The molecule has 114 valence electrons. The molecular weight excluding hydrogens is 294 g/mol. The molecule has 21 heavy (non-hydrogen) atoms. The maximum Gasteiger partial charge on any atom is 0.326 e. The molecule has 0 aliphatic heterocycles. The van der Waals surface area contributed by atoms with Gasteiger partial charge in [-0.15, -0.1) is 0 Å². The summed E-state index contributed by atoms with van der Waals surface area (Å²) in [6, 6.07) is 4.03. The number of sulfonamides is 1. The van der Waals surface area contributed by atoms with Gasteiger partial charge in [0, 0.05) is 6.54 Å². The molecule has 0 spiro atoms. The van der Waals surface area contributed by atoms with Crippen LogP contribution in [0.2, 0.25) is 0 Å². The second-order valence-corrected chi connectivity index (χ2v) is 6.49. The molecule has 0 saturated carbocycles. The largest absolute Gasteiger partial charge is 0.326 e. The Labute approximate surface area is 121 Å². The highest BCUT2D eigenvalue weighted by molar-refractivity contribution is 7.89. The van der Waals surface area contributed by atoms with E-state index in [9.17, 15) is 18.0 Å². The fourth-order valence-electron chi connectivity index (χ4n) is 1.98. The summed E-state index contributed by atoms with van der Waals surface area (Å²) in [6.45, 7) is 2.39. The van der Waals surface area contributed by atoms with Crippen molar-refractivity contribution in [2.75, 3.05) is 6.54 Å². The van der Waals surface area contributed by atoms with Gasteiger partial charge < -0.3 is 4.98 Å². The van der Waals surface area contributed by atoms with E-state index in [4.69, 9.17) is 0 Å². The van der Waals surface area contributed by atoms with Crippen LogP contribution in [-0.2, 0) is 10.0 Å². The number of aromatic amines is 2. The van der Waals surface area contributed by atoms with Gasteiger partial charge in [-0.3, -0.25) is 9.78 Å². The van der Waals surface area contributed by atoms with Crippen molar-refractivity contribution >= 4 is 20.9 Å². The van der Waals surface area contributed by atoms with Crippen LogP contribution in [0.15, 0.2) is 32.7 Å². The van der Waals surface area contributed by atoms with Crippen LogP contribution >= 0.6 is 0 Å². The molecule has 8 heteroatoms. The monoisotopic (exact) mass is 311 g/mol. The molecule has 1 heterocycles. The minimum absolute atomic E-state index is 0.00375. The first-order valence-corrected chi connectivity index (χ1v) is 8.18. The quantitative estimate of drug-likeness (QED) is 0.681. The molecule has 3 N–H and O–H groups in total. The SMILES string of the molecule is CCCCCNS(=O)(=O)c1ccc2[nH]c(=O)[nH]c(=O)c2c1. The maximum absolute atomic E-state index is 12.1. The molecule has 0 aliphatic carbocycles. The van der Waals surface area contributed by atoms with Gasteiger partial charge in [-0.25, -0.2) is 17.9 Å². The molecule has 0 radical (unpaired) electrons. The van der Waals surface area contributed by atoms with Crippen molar-refractivity contribution in [3.8, 4) is 0 Å². The first kappa shape index (κ1) is 15.5. The van der Waals surface area contributed by atoms with E-state index in [0.29, 0.717) is 12.1 Å². The fraction of sp³-hybridized carbons (Fsp3) is 0.385. The predicted molar refractivity (Wildman–Crippen MR) is 79.9 cm³/mol. The number of unbranched alkanes of at least 4 members (excludes halogenated alkanes) is 2. The Morgan fingerprint density at radius 2 is 1.90 bits per heavy atom. The molecule has 0 saturated heterocycles. The highest BCUT2D eigenvalue weighted by Crippen LogP contribution is 2.13. The number of benzene rings is 1. The smallest absolute Gasteiger partial charge is 0.307 e. The van der Waals surface area contributed by atoms with E-state index < -0.39 is 21.3 Å². The van der Waals surface area contributed by atoms with Crippen LogP contribution < -0.4 is 16.0 Å². The van der Waals surface area contributed by atoms with Crippen LogP contribution in [0.25, 0.3) is 10.9 Å². The third-order valence-electron chi connectivity index (χ3n) is 3.09. The van der Waals surface area contributed by atoms with Gasteiger partial charge in [-0.2, -0.15) is 0 Å². The third kappa shape index (κ3) is 3.59. The topological polar surface area (TPSA) is 112 Å². The number of nitrogens with one attached hydrogen (secondary N) is 3. The standard InChI is InChI=1S/C13H17N3O4S/c1-2-3-4-7-14-21(19,20)9-5-6-11-10(8-9)12(17)16-13(18)15-11/h5-6,8,14H,2-4,7H2,1H3,(H2,15,16,17,18). The van der Waals surface area contributed by atoms with E-state index in [1.54, 1.807) is 0 Å². The molecule has 0 aliphatic rings. The van der Waals surface area contributed by atoms with Gasteiger partial charge in [0.2, 0.25) is 10.0 Å². The highest BCUT2D eigenvalue weighted by atomic mass is 32.2. The lowest BCUT2D eigenvalue weighted by molar-refractivity contribution is 0.576. The van der Waals surface area contributed by atoms with Crippen molar-refractivity contribution in [1.29, 1.82) is 0 Å². The average Bonchev–Trinajstić information content (AvgIpc) is 2.43. The predicted octanol–water partition coefficient (Wildman–Crippen LogP) is 0.685. The Kier molecular flexibility index (Phi) is 4.59. The molecule has 1 aromatic heterocycles. The minimum Gasteiger partial charge on any atom is -0.307 e. The van der Waals surface area contributed by atoms with Crippen LogP contribution in [0.4, 0.5) is 0 Å². The van der Waals surface area contributed by atoms with Crippen molar-refractivity contribution in [1.82, 2.24) is 14.7 Å². The first-order valence-electron chi connectivity index (χ1n) is 6.70. The zero-order valence-electron chi connectivity index (χ0n) is 11.6. The lowest BCUT2D eigenvalue weighted by Gasteiger charge is -2.07. The van der Waals surface area contributed by atoms with E-state index >= 15 is 0 Å². The van der Waals surface area contributed by atoms with Crippen LogP contribution in [-0.4, -0.2) is 24.9 Å². The van der Waals surface area contributed by atoms with Gasteiger partial charge in [-0.1, -0.05) is 19.8 Å². The number of aromatic nitrogens is 2. The molecule has 0 fully saturated rings. The number of rotatable bonds is 6. The molecule has 0 bridgehead atoms. The molecule has 2 rings (SSSR count). The number of hydrogen-bond acceptors (Lipinski definition) is 4. The van der Waals surface area contributed by atoms with Gasteiger partial charge in [-0.05, 0) is 24.6 Å². The Morgan fingerprint density at radius 1 is 1.14 bits per heavy atom. The van der Waals surface area contributed by atoms with Crippen LogP contribution in [0, 0.1) is 0 Å². The molecule has 0 amide bonds. The van der Waals surface area contributed by atoms with Crippen molar-refractivity contribution in [2.24, 2.45) is 0 Å². The summed E-state index contributed by atoms with van der Waals surface area (Å²) in [7, 11) is -3.65. The van der Waals surface area contributed by atoms with E-state index in [-0.39, 0.29) is 10.3 Å². The van der Waals surface area contributed by atoms with Crippen molar-refractivity contribution in [2.45, 2.75) is 31.1 Å². The summed E-state index contributed by atoms with van der Waals surface area (Å²) >= 11 is 0. The van der Waals surface area contributed by atoms with Crippen LogP contribution in [0.5, 0.6) is 0 Å². The van der Waals surface area contributed by atoms with Gasteiger partial charge in [0.15, 0.2) is 0 Å². The summed E-state index contributed by atoms with van der Waals surface area (Å²) in [5.41, 5.74) is -0.939. The number of fused-ring (bicyclic) bond motifs is 1. The Bertz CT molecular complexity index is 852. The van der Waals surface area contributed by atoms with Gasteiger partial charge >= 0.3 is 5.69 Å². The van der Waals surface area contributed by atoms with E-state index in [0.717, 1.165) is 19.3 Å². The second-order valence-electron chi connectivity index (χ2n) is 4.72. The molecule has 1 aromatic carbocycles. The second kappa shape index (κ2) is 6.23. The normalized spacial score (nSPS) is 11.9. The van der Waals surface area contributed by atoms with Gasteiger partial charge in [0.1, 0.15) is 0 Å². The molecule has 0 unspecified atom stereocenters. The Morgan fingerprint density at radius 3 is 2.62 bits per heavy atom. The van der Waals surface area contributed by atoms with Crippen LogP contribution in [0.3, 0.4) is 0 Å². The fourth-order valence-corrected chi connectivity index (χ4v) is 3.08. The summed E-state index contributed by atoms with van der Waals surface area (Å²) in [4.78, 5) is 27.4. The Hall–Kier alpha value is -1.93. The molecular formula is C13H17N3O4S. The zero-order valence-corrected chi connectivity index (χ0v) is 12.4. The van der Waals surface area contributed by atoms with Crippen molar-refractivity contribution in [3.63, 3.8) is 0 Å². The minimum atomic E-state index is -3.65. The summed E-state index contributed by atoms with van der Waals surface area (Å²) in [6.07, 6.45) is 2.71. The summed E-state index contributed by atoms with van der Waals surface area (Å²) in [5.74, 6) is 0. The van der Waals surface area contributed by atoms with E-state index in [1.165, 1.54) is 18.2 Å². The summed E-state index contributed by atoms with van der Waals surface area (Å²) < 4.78 is 26.7. The van der Waals surface area contributed by atoms with E-state index in [1.807, 2.05) is 6.92 Å². The average molecular weight is 311 g/mol. The van der Waals surface area contributed by atoms with Crippen molar-refractivity contribution < 1.29 is 8.42 Å². The molecule has 2 aromatic rings. The van der Waals surface area contributed by atoms with Crippen molar-refractivity contribution in [3.05, 3.63) is 39.0 Å². The molecule has 7 nitrogen and oxygen atoms in total. The van der Waals surface area contributed by atoms with E-state index in [2.05, 4.69) is 14.7 Å². The summed E-state index contributed by atoms with van der Waals surface area (Å²) in [5, 5.41) is 0.131. The molecule has 0 atom stereocenters. The Balaban J connectivity index is 2.34. The number of H-pyrrole nitrogens is 2. The lowest BCUT2D eigenvalue weighted by atomic mass is 10.2. The zero-order chi connectivity index (χ0) is 15.5. The first-order chi connectivity index (χ1) is 9.94.